The van der Waals surface area contributed by atoms with E-state index in [4.69, 9.17) is 16.3 Å². The second-order valence-electron chi connectivity index (χ2n) is 4.74. The first-order valence-electron chi connectivity index (χ1n) is 6.20. The molecular weight excluding hydrogens is 260 g/mol. The van der Waals surface area contributed by atoms with Crippen LogP contribution in [0.25, 0.3) is 0 Å². The van der Waals surface area contributed by atoms with Gasteiger partial charge < -0.3 is 9.84 Å². The van der Waals surface area contributed by atoms with Gasteiger partial charge in [0.1, 0.15) is 11.5 Å². The van der Waals surface area contributed by atoms with Crippen LogP contribution < -0.4 is 4.74 Å². The van der Waals surface area contributed by atoms with Crippen molar-refractivity contribution in [2.24, 2.45) is 0 Å². The van der Waals surface area contributed by atoms with Gasteiger partial charge in [0.25, 0.3) is 0 Å². The first-order chi connectivity index (χ1) is 8.97. The second kappa shape index (κ2) is 5.64. The van der Waals surface area contributed by atoms with Crippen molar-refractivity contribution >= 4 is 11.6 Å². The average Bonchev–Trinajstić information content (AvgIpc) is 2.34. The highest BCUT2D eigenvalue weighted by Crippen LogP contribution is 2.33. The zero-order chi connectivity index (χ0) is 14.0. The van der Waals surface area contributed by atoms with Crippen LogP contribution in [0.1, 0.15) is 29.7 Å². The van der Waals surface area contributed by atoms with Gasteiger partial charge in [0, 0.05) is 0 Å². The minimum atomic E-state index is -0.535. The zero-order valence-corrected chi connectivity index (χ0v) is 12.0. The van der Waals surface area contributed by atoms with Gasteiger partial charge in [-0.2, -0.15) is 0 Å². The molecule has 0 aliphatic rings. The van der Waals surface area contributed by atoms with Crippen LogP contribution in [0.15, 0.2) is 36.4 Å². The number of aryl methyl sites for hydroxylation is 2. The fourth-order valence-electron chi connectivity index (χ4n) is 1.89. The molecule has 3 heteroatoms. The van der Waals surface area contributed by atoms with Gasteiger partial charge in [-0.3, -0.25) is 0 Å². The molecule has 2 aromatic carbocycles. The van der Waals surface area contributed by atoms with E-state index in [1.807, 2.05) is 32.0 Å². The number of aliphatic hydroxyl groups is 1. The van der Waals surface area contributed by atoms with Gasteiger partial charge in [0.2, 0.25) is 0 Å². The summed E-state index contributed by atoms with van der Waals surface area (Å²) in [5, 5.41) is 10.0. The molecule has 0 saturated heterocycles. The van der Waals surface area contributed by atoms with E-state index in [0.29, 0.717) is 10.8 Å². The number of hydrogen-bond acceptors (Lipinski definition) is 2. The number of halogens is 1. The van der Waals surface area contributed by atoms with Crippen LogP contribution in [-0.2, 0) is 0 Å². The van der Waals surface area contributed by atoms with Gasteiger partial charge >= 0.3 is 0 Å². The maximum absolute atomic E-state index is 9.50. The van der Waals surface area contributed by atoms with E-state index in [-0.39, 0.29) is 0 Å². The lowest BCUT2D eigenvalue weighted by atomic mass is 10.1. The Bertz CT molecular complexity index is 591. The number of hydrogen-bond donors (Lipinski definition) is 1. The quantitative estimate of drug-likeness (QED) is 0.872. The number of benzene rings is 2. The molecule has 0 fully saturated rings. The summed E-state index contributed by atoms with van der Waals surface area (Å²) in [6.07, 6.45) is -0.535. The summed E-state index contributed by atoms with van der Waals surface area (Å²) in [7, 11) is 0. The van der Waals surface area contributed by atoms with Crippen LogP contribution in [0.3, 0.4) is 0 Å². The molecule has 1 N–H and O–H groups in total. The van der Waals surface area contributed by atoms with Crippen molar-refractivity contribution in [1.29, 1.82) is 0 Å². The fraction of sp³-hybridized carbons (Fsp3) is 0.250. The van der Waals surface area contributed by atoms with Gasteiger partial charge in [0.05, 0.1) is 11.1 Å². The zero-order valence-electron chi connectivity index (χ0n) is 11.3. The Morgan fingerprint density at radius 2 is 1.74 bits per heavy atom. The third-order valence-corrected chi connectivity index (χ3v) is 3.28. The van der Waals surface area contributed by atoms with Gasteiger partial charge in [0.15, 0.2) is 0 Å². The van der Waals surface area contributed by atoms with Gasteiger partial charge in [-0.05, 0) is 50.1 Å². The number of rotatable bonds is 3. The molecule has 0 aliphatic carbocycles. The van der Waals surface area contributed by atoms with Gasteiger partial charge in [-0.15, -0.1) is 0 Å². The Balaban J connectivity index is 2.28. The van der Waals surface area contributed by atoms with Crippen molar-refractivity contribution in [2.45, 2.75) is 26.9 Å². The molecule has 100 valence electrons. The second-order valence-corrected chi connectivity index (χ2v) is 5.14. The predicted octanol–water partition coefficient (Wildman–Crippen LogP) is 4.80. The van der Waals surface area contributed by atoms with Gasteiger partial charge in [-0.25, -0.2) is 0 Å². The summed E-state index contributed by atoms with van der Waals surface area (Å²) in [6.45, 7) is 5.75. The molecular formula is C16H17ClO2. The summed E-state index contributed by atoms with van der Waals surface area (Å²) in [5.41, 5.74) is 3.04. The Morgan fingerprint density at radius 1 is 1.05 bits per heavy atom. The van der Waals surface area contributed by atoms with E-state index in [1.54, 1.807) is 19.1 Å². The van der Waals surface area contributed by atoms with E-state index in [9.17, 15) is 5.11 Å². The Kier molecular flexibility index (Phi) is 4.13. The van der Waals surface area contributed by atoms with Crippen molar-refractivity contribution in [3.63, 3.8) is 0 Å². The summed E-state index contributed by atoms with van der Waals surface area (Å²) in [6, 6.07) is 11.3. The number of ether oxygens (including phenoxy) is 1. The molecule has 0 aliphatic heterocycles. The lowest BCUT2D eigenvalue weighted by molar-refractivity contribution is 0.199. The highest BCUT2D eigenvalue weighted by atomic mass is 35.5. The molecule has 0 heterocycles. The number of aliphatic hydroxyl groups excluding tert-OH is 1. The fourth-order valence-corrected chi connectivity index (χ4v) is 2.12. The SMILES string of the molecule is Cc1ccc(Oc2ccc([C@H](C)O)cc2Cl)c(C)c1. The molecule has 0 saturated carbocycles. The van der Waals surface area contributed by atoms with Crippen LogP contribution in [0.4, 0.5) is 0 Å². The normalized spacial score (nSPS) is 12.3. The third-order valence-electron chi connectivity index (χ3n) is 2.99. The van der Waals surface area contributed by atoms with Crippen LogP contribution in [0, 0.1) is 13.8 Å². The van der Waals surface area contributed by atoms with E-state index in [2.05, 4.69) is 6.07 Å². The minimum absolute atomic E-state index is 0.498. The monoisotopic (exact) mass is 276 g/mol. The summed E-state index contributed by atoms with van der Waals surface area (Å²) in [5.74, 6) is 1.38. The van der Waals surface area contributed by atoms with Gasteiger partial charge in [-0.1, -0.05) is 35.4 Å². The smallest absolute Gasteiger partial charge is 0.146 e. The first-order valence-corrected chi connectivity index (χ1v) is 6.58. The van der Waals surface area contributed by atoms with Crippen molar-refractivity contribution < 1.29 is 9.84 Å². The first kappa shape index (κ1) is 13.9. The Hall–Kier alpha value is -1.51. The van der Waals surface area contributed by atoms with E-state index < -0.39 is 6.10 Å². The van der Waals surface area contributed by atoms with Crippen molar-refractivity contribution in [1.82, 2.24) is 0 Å². The highest BCUT2D eigenvalue weighted by molar-refractivity contribution is 6.32. The van der Waals surface area contributed by atoms with Crippen molar-refractivity contribution in [3.8, 4) is 11.5 Å². The van der Waals surface area contributed by atoms with E-state index in [0.717, 1.165) is 16.9 Å². The molecule has 0 unspecified atom stereocenters. The highest BCUT2D eigenvalue weighted by Gasteiger charge is 2.08. The molecule has 0 amide bonds. The lowest BCUT2D eigenvalue weighted by Crippen LogP contribution is -1.93. The largest absolute Gasteiger partial charge is 0.456 e. The van der Waals surface area contributed by atoms with Crippen LogP contribution in [-0.4, -0.2) is 5.11 Å². The molecule has 0 spiro atoms. The molecule has 2 nitrogen and oxygen atoms in total. The maximum atomic E-state index is 9.50. The molecule has 1 atom stereocenters. The lowest BCUT2D eigenvalue weighted by Gasteiger charge is -2.12. The Morgan fingerprint density at radius 3 is 2.32 bits per heavy atom. The van der Waals surface area contributed by atoms with Crippen molar-refractivity contribution in [3.05, 3.63) is 58.1 Å². The molecule has 0 bridgehead atoms. The van der Waals surface area contributed by atoms with E-state index in [1.165, 1.54) is 5.56 Å². The third kappa shape index (κ3) is 3.28. The Labute approximate surface area is 118 Å². The molecule has 0 radical (unpaired) electrons. The standard InChI is InChI=1S/C16H17ClO2/c1-10-4-6-15(11(2)8-10)19-16-7-5-13(12(3)18)9-14(16)17/h4-9,12,18H,1-3H3/t12-/m0/s1. The molecule has 2 rings (SSSR count). The van der Waals surface area contributed by atoms with E-state index >= 15 is 0 Å². The van der Waals surface area contributed by atoms with Crippen LogP contribution >= 0.6 is 11.6 Å². The maximum Gasteiger partial charge on any atom is 0.146 e. The van der Waals surface area contributed by atoms with Crippen molar-refractivity contribution in [2.75, 3.05) is 0 Å². The van der Waals surface area contributed by atoms with Crippen LogP contribution in [0.2, 0.25) is 5.02 Å². The summed E-state index contributed by atoms with van der Waals surface area (Å²) < 4.78 is 5.82. The average molecular weight is 277 g/mol. The summed E-state index contributed by atoms with van der Waals surface area (Å²) >= 11 is 6.17. The van der Waals surface area contributed by atoms with Crippen LogP contribution in [0.5, 0.6) is 11.5 Å². The molecule has 0 aromatic heterocycles. The minimum Gasteiger partial charge on any atom is -0.456 e. The molecule has 2 aromatic rings. The predicted molar refractivity (Wildman–Crippen MR) is 78.1 cm³/mol. The topological polar surface area (TPSA) is 29.5 Å². The summed E-state index contributed by atoms with van der Waals surface area (Å²) in [4.78, 5) is 0. The molecule has 19 heavy (non-hydrogen) atoms.